The average molecular weight is 339 g/mol. The number of aromatic nitrogens is 2. The Balaban J connectivity index is 1.69. The van der Waals surface area contributed by atoms with Crippen LogP contribution in [0.15, 0.2) is 36.1 Å². The number of rotatable bonds is 3. The van der Waals surface area contributed by atoms with Crippen molar-refractivity contribution >= 4 is 28.1 Å². The number of carbonyl (C=O) groups is 1. The number of amides is 1. The van der Waals surface area contributed by atoms with Crippen molar-refractivity contribution in [2.75, 3.05) is 0 Å². The Morgan fingerprint density at radius 1 is 1.33 bits per heavy atom. The fourth-order valence-electron chi connectivity index (χ4n) is 3.63. The van der Waals surface area contributed by atoms with Crippen LogP contribution in [0.2, 0.25) is 0 Å². The quantitative estimate of drug-likeness (QED) is 0.732. The molecule has 2 N–H and O–H groups in total. The van der Waals surface area contributed by atoms with E-state index in [0.29, 0.717) is 5.92 Å². The molecule has 124 valence electrons. The van der Waals surface area contributed by atoms with E-state index in [1.165, 1.54) is 19.3 Å². The van der Waals surface area contributed by atoms with E-state index in [4.69, 9.17) is 0 Å². The molecule has 1 amide bonds. The second-order valence-corrected chi connectivity index (χ2v) is 7.56. The predicted molar refractivity (Wildman–Crippen MR) is 98.3 cm³/mol. The molecule has 0 saturated heterocycles. The molecule has 4 nitrogen and oxygen atoms in total. The van der Waals surface area contributed by atoms with Crippen LogP contribution in [-0.2, 0) is 0 Å². The summed E-state index contributed by atoms with van der Waals surface area (Å²) < 4.78 is 0. The van der Waals surface area contributed by atoms with E-state index in [1.807, 2.05) is 30.0 Å². The molecule has 24 heavy (non-hydrogen) atoms. The zero-order valence-corrected chi connectivity index (χ0v) is 14.5. The van der Waals surface area contributed by atoms with Gasteiger partial charge in [0.05, 0.1) is 10.4 Å². The van der Waals surface area contributed by atoms with Crippen molar-refractivity contribution < 1.29 is 4.79 Å². The molecule has 2 aromatic heterocycles. The van der Waals surface area contributed by atoms with Crippen molar-refractivity contribution in [2.24, 2.45) is 5.92 Å². The van der Waals surface area contributed by atoms with Gasteiger partial charge in [-0.2, -0.15) is 0 Å². The first-order valence-corrected chi connectivity index (χ1v) is 9.41. The molecule has 2 heterocycles. The first-order chi connectivity index (χ1) is 11.7. The van der Waals surface area contributed by atoms with Crippen LogP contribution in [0.5, 0.6) is 0 Å². The van der Waals surface area contributed by atoms with Gasteiger partial charge in [-0.15, -0.1) is 11.3 Å². The molecule has 0 bridgehead atoms. The van der Waals surface area contributed by atoms with Gasteiger partial charge in [-0.1, -0.05) is 19.8 Å². The van der Waals surface area contributed by atoms with Crippen molar-refractivity contribution in [3.05, 3.63) is 41.7 Å². The van der Waals surface area contributed by atoms with Crippen LogP contribution in [0, 0.1) is 5.92 Å². The molecule has 3 aromatic rings. The molecule has 5 heteroatoms. The molecule has 4 rings (SSSR count). The van der Waals surface area contributed by atoms with Gasteiger partial charge in [0.1, 0.15) is 0 Å². The van der Waals surface area contributed by atoms with Gasteiger partial charge in [-0.3, -0.25) is 9.78 Å². The summed E-state index contributed by atoms with van der Waals surface area (Å²) in [7, 11) is 0. The number of hydrogen-bond acceptors (Lipinski definition) is 3. The molecule has 1 aliphatic carbocycles. The predicted octanol–water partition coefficient (Wildman–Crippen LogP) is 4.60. The minimum Gasteiger partial charge on any atom is -0.361 e. The number of aromatic amines is 1. The topological polar surface area (TPSA) is 57.8 Å². The first-order valence-electron chi connectivity index (χ1n) is 8.53. The minimum atomic E-state index is 0.0321. The average Bonchev–Trinajstić information content (AvgIpc) is 3.27. The van der Waals surface area contributed by atoms with E-state index in [1.54, 1.807) is 11.3 Å². The number of fused-ring (bicyclic) bond motifs is 1. The normalized spacial score (nSPS) is 21.0. The molecule has 1 saturated carbocycles. The van der Waals surface area contributed by atoms with Crippen molar-refractivity contribution in [1.29, 1.82) is 0 Å². The van der Waals surface area contributed by atoms with Gasteiger partial charge in [0, 0.05) is 34.9 Å². The number of nitrogens with one attached hydrogen (secondary N) is 2. The molecule has 0 radical (unpaired) electrons. The fraction of sp³-hybridized carbons (Fsp3) is 0.368. The van der Waals surface area contributed by atoms with E-state index < -0.39 is 0 Å². The van der Waals surface area contributed by atoms with E-state index in [-0.39, 0.29) is 11.9 Å². The number of hydrogen-bond donors (Lipinski definition) is 2. The third-order valence-electron chi connectivity index (χ3n) is 5.06. The highest BCUT2D eigenvalue weighted by Gasteiger charge is 2.24. The fourth-order valence-corrected chi connectivity index (χ4v) is 4.24. The molecule has 1 aliphatic rings. The Morgan fingerprint density at radius 2 is 2.21 bits per heavy atom. The minimum absolute atomic E-state index is 0.0321. The van der Waals surface area contributed by atoms with Crippen molar-refractivity contribution in [3.63, 3.8) is 0 Å². The second kappa shape index (κ2) is 6.40. The highest BCUT2D eigenvalue weighted by atomic mass is 32.1. The van der Waals surface area contributed by atoms with Gasteiger partial charge < -0.3 is 10.3 Å². The van der Waals surface area contributed by atoms with Crippen LogP contribution in [0.1, 0.15) is 43.0 Å². The monoisotopic (exact) mass is 339 g/mol. The number of benzene rings is 1. The van der Waals surface area contributed by atoms with Crippen molar-refractivity contribution in [3.8, 4) is 10.4 Å². The Morgan fingerprint density at radius 3 is 3.00 bits per heavy atom. The van der Waals surface area contributed by atoms with Crippen LogP contribution < -0.4 is 5.32 Å². The lowest BCUT2D eigenvalue weighted by molar-refractivity contribution is 0.0912. The summed E-state index contributed by atoms with van der Waals surface area (Å²) in [6.45, 7) is 2.24. The Kier molecular flexibility index (Phi) is 4.10. The number of H-pyrrole nitrogens is 1. The Labute approximate surface area is 145 Å². The molecular formula is C19H21N3OS. The summed E-state index contributed by atoms with van der Waals surface area (Å²) in [5.41, 5.74) is 4.59. The summed E-state index contributed by atoms with van der Waals surface area (Å²) in [4.78, 5) is 21.4. The number of thiazole rings is 1. The largest absolute Gasteiger partial charge is 0.361 e. The molecule has 0 unspecified atom stereocenters. The summed E-state index contributed by atoms with van der Waals surface area (Å²) in [6, 6.07) is 6.34. The molecule has 0 aliphatic heterocycles. The van der Waals surface area contributed by atoms with E-state index in [9.17, 15) is 4.79 Å². The van der Waals surface area contributed by atoms with Crippen LogP contribution in [0.3, 0.4) is 0 Å². The van der Waals surface area contributed by atoms with Crippen LogP contribution >= 0.6 is 11.3 Å². The Bertz CT molecular complexity index is 853. The van der Waals surface area contributed by atoms with Crippen molar-refractivity contribution in [1.82, 2.24) is 15.3 Å². The summed E-state index contributed by atoms with van der Waals surface area (Å²) in [6.07, 6.45) is 8.50. The van der Waals surface area contributed by atoms with Gasteiger partial charge in [-0.05, 0) is 42.5 Å². The first kappa shape index (κ1) is 15.4. The number of carbonyl (C=O) groups excluding carboxylic acids is 1. The molecular weight excluding hydrogens is 318 g/mol. The van der Waals surface area contributed by atoms with Gasteiger partial charge in [-0.25, -0.2) is 0 Å². The van der Waals surface area contributed by atoms with Gasteiger partial charge >= 0.3 is 0 Å². The van der Waals surface area contributed by atoms with Gasteiger partial charge in [0.15, 0.2) is 0 Å². The van der Waals surface area contributed by atoms with Gasteiger partial charge in [0.2, 0.25) is 0 Å². The third kappa shape index (κ3) is 2.84. The van der Waals surface area contributed by atoms with E-state index in [0.717, 1.165) is 33.3 Å². The van der Waals surface area contributed by atoms with Crippen LogP contribution in [0.25, 0.3) is 21.3 Å². The summed E-state index contributed by atoms with van der Waals surface area (Å²) >= 11 is 1.59. The van der Waals surface area contributed by atoms with Crippen LogP contribution in [0.4, 0.5) is 0 Å². The van der Waals surface area contributed by atoms with Crippen LogP contribution in [-0.4, -0.2) is 21.9 Å². The third-order valence-corrected chi connectivity index (χ3v) is 5.88. The lowest BCUT2D eigenvalue weighted by Gasteiger charge is -2.29. The maximum atomic E-state index is 13.0. The maximum absolute atomic E-state index is 13.0. The number of nitrogens with zero attached hydrogens (tertiary/aromatic N) is 1. The summed E-state index contributed by atoms with van der Waals surface area (Å²) in [5.74, 6) is 0.582. The highest BCUT2D eigenvalue weighted by molar-refractivity contribution is 7.13. The summed E-state index contributed by atoms with van der Waals surface area (Å²) in [5, 5.41) is 4.25. The lowest BCUT2D eigenvalue weighted by Crippen LogP contribution is -2.41. The smallest absolute Gasteiger partial charge is 0.252 e. The lowest BCUT2D eigenvalue weighted by atomic mass is 9.85. The highest BCUT2D eigenvalue weighted by Crippen LogP contribution is 2.30. The molecule has 1 fully saturated rings. The SMILES string of the molecule is C[C@H]1CCCC[C@H]1NC(=O)c1cc(-c2cncs2)cc2[nH]ccc12. The maximum Gasteiger partial charge on any atom is 0.252 e. The molecule has 1 aromatic carbocycles. The Hall–Kier alpha value is -2.14. The molecule has 0 spiro atoms. The zero-order chi connectivity index (χ0) is 16.5. The van der Waals surface area contributed by atoms with E-state index >= 15 is 0 Å². The zero-order valence-electron chi connectivity index (χ0n) is 13.7. The second-order valence-electron chi connectivity index (χ2n) is 6.67. The van der Waals surface area contributed by atoms with Gasteiger partial charge in [0.25, 0.3) is 5.91 Å². The standard InChI is InChI=1S/C19H21N3OS/c1-12-4-2-3-5-16(12)22-19(23)15-8-13(18-10-20-11-24-18)9-17-14(15)6-7-21-17/h6-12,16,21H,2-5H2,1H3,(H,22,23)/t12-,16+/m0/s1. The molecule has 2 atom stereocenters. The van der Waals surface area contributed by atoms with Crippen molar-refractivity contribution in [2.45, 2.75) is 38.6 Å². The van der Waals surface area contributed by atoms with E-state index in [2.05, 4.69) is 28.3 Å².